The summed E-state index contributed by atoms with van der Waals surface area (Å²) in [4.78, 5) is 24.1. The third-order valence-electron chi connectivity index (χ3n) is 3.81. The number of aromatic nitrogens is 1. The molecule has 1 heterocycles. The van der Waals surface area contributed by atoms with Gasteiger partial charge in [0.2, 0.25) is 5.91 Å². The number of fused-ring (bicyclic) bond motifs is 1. The highest BCUT2D eigenvalue weighted by molar-refractivity contribution is 5.92. The van der Waals surface area contributed by atoms with Gasteiger partial charge in [-0.25, -0.2) is 0 Å². The summed E-state index contributed by atoms with van der Waals surface area (Å²) >= 11 is 0. The minimum Gasteiger partial charge on any atom is -0.366 e. The number of nitrogens with one attached hydrogen (secondary N) is 2. The Morgan fingerprint density at radius 3 is 2.38 bits per heavy atom. The number of nitrogens with two attached hydrogens (primary N) is 1. The summed E-state index contributed by atoms with van der Waals surface area (Å²) in [7, 11) is 1.90. The van der Waals surface area contributed by atoms with Gasteiger partial charge in [0, 0.05) is 22.5 Å². The molecule has 1 amide bonds. The van der Waals surface area contributed by atoms with Crippen LogP contribution < -0.4 is 11.1 Å². The Kier molecular flexibility index (Phi) is 5.87. The van der Waals surface area contributed by atoms with Crippen molar-refractivity contribution in [1.29, 1.82) is 0 Å². The fourth-order valence-electron chi connectivity index (χ4n) is 2.26. The molecule has 3 rings (SSSR count). The zero-order valence-corrected chi connectivity index (χ0v) is 13.7. The van der Waals surface area contributed by atoms with Crippen LogP contribution in [-0.2, 0) is 0 Å². The van der Waals surface area contributed by atoms with Crippen molar-refractivity contribution >= 4 is 23.1 Å². The summed E-state index contributed by atoms with van der Waals surface area (Å²) in [5.41, 5.74) is 8.45. The second-order valence-electron chi connectivity index (χ2n) is 5.43. The molecule has 0 spiro atoms. The number of aldehydes is 1. The molecule has 4 N–H and O–H groups in total. The van der Waals surface area contributed by atoms with Crippen LogP contribution in [0.3, 0.4) is 0 Å². The van der Waals surface area contributed by atoms with Gasteiger partial charge >= 0.3 is 0 Å². The van der Waals surface area contributed by atoms with Crippen molar-refractivity contribution in [3.05, 3.63) is 71.4 Å². The highest BCUT2D eigenvalue weighted by Gasteiger charge is 2.03. The van der Waals surface area contributed by atoms with E-state index in [1.165, 1.54) is 0 Å². The van der Waals surface area contributed by atoms with E-state index >= 15 is 0 Å². The van der Waals surface area contributed by atoms with Crippen LogP contribution in [0, 0.1) is 0 Å². The van der Waals surface area contributed by atoms with Crippen LogP contribution in [0.5, 0.6) is 0 Å². The molecule has 0 saturated carbocycles. The summed E-state index contributed by atoms with van der Waals surface area (Å²) in [6.07, 6.45) is 0.819. The highest BCUT2D eigenvalue weighted by Crippen LogP contribution is 2.13. The van der Waals surface area contributed by atoms with E-state index in [1.807, 2.05) is 49.5 Å². The van der Waals surface area contributed by atoms with E-state index in [9.17, 15) is 9.59 Å². The Labute approximate surface area is 140 Å². The molecule has 0 saturated heterocycles. The van der Waals surface area contributed by atoms with Crippen LogP contribution in [0.15, 0.2) is 54.6 Å². The van der Waals surface area contributed by atoms with Crippen LogP contribution >= 0.6 is 0 Å². The number of rotatable bonds is 4. The topological polar surface area (TPSA) is 88.0 Å². The number of benzene rings is 2. The Morgan fingerprint density at radius 1 is 1.17 bits per heavy atom. The number of carbonyl (C=O) groups excluding carboxylic acids is 2. The predicted octanol–water partition coefficient (Wildman–Crippen LogP) is 3.05. The molecule has 1 atom stereocenters. The number of H-pyrrole nitrogens is 1. The number of para-hydroxylation sites is 1. The summed E-state index contributed by atoms with van der Waals surface area (Å²) in [6.45, 7) is 2.05. The molecule has 3 aromatic rings. The molecular formula is C19H21N3O2. The van der Waals surface area contributed by atoms with Crippen molar-refractivity contribution in [3.63, 3.8) is 0 Å². The molecule has 5 nitrogen and oxygen atoms in total. The molecule has 0 fully saturated rings. The number of hydrogen-bond donors (Lipinski definition) is 3. The van der Waals surface area contributed by atoms with Gasteiger partial charge in [0.25, 0.3) is 0 Å². The maximum Gasteiger partial charge on any atom is 0.248 e. The Balaban J connectivity index is 0.000000175. The second kappa shape index (κ2) is 8.08. The van der Waals surface area contributed by atoms with E-state index in [0.29, 0.717) is 17.3 Å². The van der Waals surface area contributed by atoms with Gasteiger partial charge in [0.05, 0.1) is 5.69 Å². The zero-order chi connectivity index (χ0) is 17.5. The molecule has 0 aliphatic rings. The van der Waals surface area contributed by atoms with Crippen LogP contribution in [0.4, 0.5) is 0 Å². The molecule has 0 bridgehead atoms. The van der Waals surface area contributed by atoms with Gasteiger partial charge in [-0.1, -0.05) is 30.3 Å². The van der Waals surface area contributed by atoms with E-state index in [1.54, 1.807) is 12.1 Å². The third-order valence-corrected chi connectivity index (χ3v) is 3.81. The lowest BCUT2D eigenvalue weighted by atomic mass is 10.1. The first kappa shape index (κ1) is 17.4. The lowest BCUT2D eigenvalue weighted by Crippen LogP contribution is -2.14. The van der Waals surface area contributed by atoms with Crippen molar-refractivity contribution < 1.29 is 9.59 Å². The first-order valence-corrected chi connectivity index (χ1v) is 7.65. The fraction of sp³-hybridized carbons (Fsp3) is 0.158. The first-order valence-electron chi connectivity index (χ1n) is 7.65. The second-order valence-corrected chi connectivity index (χ2v) is 5.43. The minimum atomic E-state index is -0.385. The van der Waals surface area contributed by atoms with Crippen molar-refractivity contribution in [2.75, 3.05) is 7.05 Å². The maximum absolute atomic E-state index is 10.8. The van der Waals surface area contributed by atoms with Gasteiger partial charge in [-0.3, -0.25) is 9.59 Å². The van der Waals surface area contributed by atoms with E-state index in [4.69, 9.17) is 5.73 Å². The standard InChI is InChI=1S/C10H14N2O.C9H7NO/c1-7(12-2)8-3-5-9(6-4-8)10(11)13;11-6-8-5-7-3-1-2-4-9(7)10-8/h3-7,12H,1-2H3,(H2,11,13);1-6,10H. The number of carbonyl (C=O) groups is 2. The first-order chi connectivity index (χ1) is 11.5. The van der Waals surface area contributed by atoms with Gasteiger partial charge in [0.15, 0.2) is 6.29 Å². The Bertz CT molecular complexity index is 789. The van der Waals surface area contributed by atoms with Gasteiger partial charge in [-0.15, -0.1) is 0 Å². The zero-order valence-electron chi connectivity index (χ0n) is 13.7. The maximum atomic E-state index is 10.8. The van der Waals surface area contributed by atoms with Crippen molar-refractivity contribution in [2.45, 2.75) is 13.0 Å². The molecule has 24 heavy (non-hydrogen) atoms. The molecule has 0 aliphatic carbocycles. The molecule has 2 aromatic carbocycles. The van der Waals surface area contributed by atoms with E-state index in [2.05, 4.69) is 17.2 Å². The molecule has 0 aliphatic heterocycles. The third kappa shape index (κ3) is 4.30. The smallest absolute Gasteiger partial charge is 0.248 e. The summed E-state index contributed by atoms with van der Waals surface area (Å²) in [6, 6.07) is 17.2. The molecule has 1 unspecified atom stereocenters. The van der Waals surface area contributed by atoms with Gasteiger partial charge < -0.3 is 16.0 Å². The predicted molar refractivity (Wildman–Crippen MR) is 96.1 cm³/mol. The Morgan fingerprint density at radius 2 is 1.83 bits per heavy atom. The van der Waals surface area contributed by atoms with Crippen LogP contribution in [-0.4, -0.2) is 24.2 Å². The van der Waals surface area contributed by atoms with E-state index in [-0.39, 0.29) is 5.91 Å². The Hall–Kier alpha value is -2.92. The van der Waals surface area contributed by atoms with E-state index in [0.717, 1.165) is 22.8 Å². The SMILES string of the molecule is CNC(C)c1ccc(C(N)=O)cc1.O=Cc1cc2ccccc2[nH]1. The summed E-state index contributed by atoms with van der Waals surface area (Å²) in [5, 5.41) is 4.19. The quantitative estimate of drug-likeness (QED) is 0.645. The average Bonchev–Trinajstić information content (AvgIpc) is 3.05. The summed E-state index contributed by atoms with van der Waals surface area (Å²) in [5.74, 6) is -0.385. The van der Waals surface area contributed by atoms with Crippen LogP contribution in [0.2, 0.25) is 0 Å². The number of aromatic amines is 1. The monoisotopic (exact) mass is 323 g/mol. The van der Waals surface area contributed by atoms with Crippen molar-refractivity contribution in [2.24, 2.45) is 5.73 Å². The van der Waals surface area contributed by atoms with Gasteiger partial charge in [-0.2, -0.15) is 0 Å². The normalized spacial score (nSPS) is 11.4. The molecule has 5 heteroatoms. The van der Waals surface area contributed by atoms with Gasteiger partial charge in [0.1, 0.15) is 0 Å². The molecule has 0 radical (unpaired) electrons. The largest absolute Gasteiger partial charge is 0.366 e. The minimum absolute atomic E-state index is 0.293. The molecular weight excluding hydrogens is 302 g/mol. The van der Waals surface area contributed by atoms with Crippen molar-refractivity contribution in [3.8, 4) is 0 Å². The van der Waals surface area contributed by atoms with Gasteiger partial charge in [-0.05, 0) is 43.8 Å². The van der Waals surface area contributed by atoms with E-state index < -0.39 is 0 Å². The lowest BCUT2D eigenvalue weighted by molar-refractivity contribution is 0.0999. The van der Waals surface area contributed by atoms with Crippen LogP contribution in [0.1, 0.15) is 39.4 Å². The number of hydrogen-bond acceptors (Lipinski definition) is 3. The summed E-state index contributed by atoms with van der Waals surface area (Å²) < 4.78 is 0. The highest BCUT2D eigenvalue weighted by atomic mass is 16.1. The lowest BCUT2D eigenvalue weighted by Gasteiger charge is -2.10. The molecule has 124 valence electrons. The molecule has 1 aromatic heterocycles. The van der Waals surface area contributed by atoms with Crippen LogP contribution in [0.25, 0.3) is 10.9 Å². The number of primary amides is 1. The van der Waals surface area contributed by atoms with Crippen molar-refractivity contribution in [1.82, 2.24) is 10.3 Å². The fourth-order valence-corrected chi connectivity index (χ4v) is 2.26. The average molecular weight is 323 g/mol. The number of amides is 1.